The van der Waals surface area contributed by atoms with Crippen LogP contribution in [0.5, 0.6) is 0 Å². The van der Waals surface area contributed by atoms with Crippen molar-refractivity contribution in [3.05, 3.63) is 54.6 Å². The highest BCUT2D eigenvalue weighted by molar-refractivity contribution is 7.26. The summed E-state index contributed by atoms with van der Waals surface area (Å²) in [7, 11) is 0. The summed E-state index contributed by atoms with van der Waals surface area (Å²) in [6.07, 6.45) is 0. The highest BCUT2D eigenvalue weighted by atomic mass is 32.1. The molecule has 0 N–H and O–H groups in total. The lowest BCUT2D eigenvalue weighted by Crippen LogP contribution is -2.41. The first-order valence-corrected chi connectivity index (χ1v) is 9.70. The Kier molecular flexibility index (Phi) is 3.21. The van der Waals surface area contributed by atoms with Crippen LogP contribution in [0.2, 0.25) is 0 Å². The first-order chi connectivity index (χ1) is 12.4. The minimum Gasteiger partial charge on any atom is -0.239 e. The molecule has 1 saturated heterocycles. The van der Waals surface area contributed by atoms with Gasteiger partial charge in [-0.15, -0.1) is 16.6 Å². The van der Waals surface area contributed by atoms with Crippen molar-refractivity contribution in [3.63, 3.8) is 0 Å². The molecule has 0 saturated carbocycles. The summed E-state index contributed by atoms with van der Waals surface area (Å²) < 4.78 is 2.61. The zero-order chi connectivity index (χ0) is 18.1. The normalized spacial score (nSPS) is 19.0. The lowest BCUT2D eigenvalue weighted by molar-refractivity contribution is -0.0265. The molecule has 132 valence electrons. The summed E-state index contributed by atoms with van der Waals surface area (Å²) in [5.41, 5.74) is 0.120. The fraction of sp³-hybridized carbons (Fsp3) is 0.273. The van der Waals surface area contributed by atoms with Gasteiger partial charge in [0.25, 0.3) is 0 Å². The molecule has 3 aromatic carbocycles. The van der Waals surface area contributed by atoms with Crippen LogP contribution in [-0.2, 0) is 9.68 Å². The van der Waals surface area contributed by atoms with Crippen molar-refractivity contribution in [1.82, 2.24) is 0 Å². The van der Waals surface area contributed by atoms with Gasteiger partial charge < -0.3 is 0 Å². The molecular formula is C22H21NO2S. The van der Waals surface area contributed by atoms with E-state index in [2.05, 4.69) is 82.3 Å². The van der Waals surface area contributed by atoms with Gasteiger partial charge in [-0.25, -0.2) is 9.68 Å². The summed E-state index contributed by atoms with van der Waals surface area (Å²) in [6, 6.07) is 19.2. The molecule has 0 spiro atoms. The maximum Gasteiger partial charge on any atom is 0.124 e. The molecule has 26 heavy (non-hydrogen) atoms. The third kappa shape index (κ3) is 2.13. The lowest BCUT2D eigenvalue weighted by atomic mass is 9.90. The summed E-state index contributed by atoms with van der Waals surface area (Å²) in [6.45, 7) is 8.25. The van der Waals surface area contributed by atoms with Crippen LogP contribution in [0.3, 0.4) is 0 Å². The third-order valence-corrected chi connectivity index (χ3v) is 6.85. The molecule has 0 atom stereocenters. The Morgan fingerprint density at radius 1 is 0.731 bits per heavy atom. The molecule has 0 radical (unpaired) electrons. The number of nitrogens with zero attached hydrogens (tertiary/aromatic N) is 1. The highest BCUT2D eigenvalue weighted by Gasteiger charge is 2.50. The number of thiophene rings is 1. The summed E-state index contributed by atoms with van der Waals surface area (Å²) in [5.74, 6) is 0. The van der Waals surface area contributed by atoms with Crippen LogP contribution in [0.4, 0.5) is 5.69 Å². The average Bonchev–Trinajstić information content (AvgIpc) is 3.08. The van der Waals surface area contributed by atoms with E-state index in [1.165, 1.54) is 25.6 Å². The van der Waals surface area contributed by atoms with Gasteiger partial charge in [0.05, 0.1) is 0 Å². The predicted molar refractivity (Wildman–Crippen MR) is 110 cm³/mol. The van der Waals surface area contributed by atoms with Gasteiger partial charge in [0.15, 0.2) is 0 Å². The van der Waals surface area contributed by atoms with E-state index in [4.69, 9.17) is 9.68 Å². The van der Waals surface area contributed by atoms with Crippen molar-refractivity contribution in [2.75, 3.05) is 5.23 Å². The number of hydrogen-bond acceptors (Lipinski definition) is 4. The summed E-state index contributed by atoms with van der Waals surface area (Å²) >= 11 is 1.84. The monoisotopic (exact) mass is 363 g/mol. The molecule has 2 heterocycles. The van der Waals surface area contributed by atoms with Crippen LogP contribution >= 0.6 is 11.3 Å². The van der Waals surface area contributed by atoms with Crippen molar-refractivity contribution >= 4 is 48.0 Å². The van der Waals surface area contributed by atoms with Gasteiger partial charge in [-0.2, -0.15) is 0 Å². The van der Waals surface area contributed by atoms with Crippen molar-refractivity contribution in [2.24, 2.45) is 0 Å². The standard InChI is InChI=1S/C22H21NO2S/c1-21(2)22(3,4)25-23(24-21)18-13-17-15-10-7-8-12-19(15)26-20(17)16-11-6-5-9-14(16)18/h5-13H,1-4H3. The topological polar surface area (TPSA) is 21.7 Å². The van der Waals surface area contributed by atoms with Gasteiger partial charge in [0.2, 0.25) is 0 Å². The minimum absolute atomic E-state index is 0.417. The molecule has 1 aliphatic rings. The first kappa shape index (κ1) is 16.1. The van der Waals surface area contributed by atoms with Gasteiger partial charge in [-0.05, 0) is 39.8 Å². The van der Waals surface area contributed by atoms with Gasteiger partial charge in [-0.3, -0.25) is 0 Å². The minimum atomic E-state index is -0.417. The number of benzene rings is 3. The van der Waals surface area contributed by atoms with E-state index in [1.54, 1.807) is 5.23 Å². The second kappa shape index (κ2) is 5.19. The zero-order valence-corrected chi connectivity index (χ0v) is 16.2. The Bertz CT molecular complexity index is 1140. The molecule has 5 rings (SSSR count). The molecule has 0 bridgehead atoms. The van der Waals surface area contributed by atoms with Gasteiger partial charge in [-0.1, -0.05) is 42.5 Å². The molecule has 0 unspecified atom stereocenters. The number of rotatable bonds is 1. The molecule has 0 aliphatic carbocycles. The lowest BCUT2D eigenvalue weighted by Gasteiger charge is -2.26. The van der Waals surface area contributed by atoms with E-state index < -0.39 is 11.2 Å². The van der Waals surface area contributed by atoms with E-state index in [0.29, 0.717) is 0 Å². The quantitative estimate of drug-likeness (QED) is 0.388. The Hall–Kier alpha value is -2.14. The van der Waals surface area contributed by atoms with E-state index >= 15 is 0 Å². The third-order valence-electron chi connectivity index (χ3n) is 5.63. The number of anilines is 1. The molecule has 1 fully saturated rings. The summed E-state index contributed by atoms with van der Waals surface area (Å²) in [4.78, 5) is 12.4. The number of fused-ring (bicyclic) bond motifs is 5. The van der Waals surface area contributed by atoms with Crippen LogP contribution in [0, 0.1) is 0 Å². The van der Waals surface area contributed by atoms with Crippen molar-refractivity contribution in [3.8, 4) is 0 Å². The fourth-order valence-corrected chi connectivity index (χ4v) is 4.65. The predicted octanol–water partition coefficient (Wildman–Crippen LogP) is 6.45. The Morgan fingerprint density at radius 3 is 2.00 bits per heavy atom. The largest absolute Gasteiger partial charge is 0.239 e. The van der Waals surface area contributed by atoms with Crippen molar-refractivity contribution in [2.45, 2.75) is 38.9 Å². The van der Waals surface area contributed by atoms with E-state index in [9.17, 15) is 0 Å². The van der Waals surface area contributed by atoms with E-state index in [-0.39, 0.29) is 0 Å². The molecule has 4 aromatic rings. The smallest absolute Gasteiger partial charge is 0.124 e. The van der Waals surface area contributed by atoms with Crippen molar-refractivity contribution < 1.29 is 9.68 Å². The van der Waals surface area contributed by atoms with Gasteiger partial charge in [0.1, 0.15) is 16.9 Å². The SMILES string of the molecule is CC1(C)ON(c2cc3c4ccccc4sc3c3ccccc23)OC1(C)C. The molecule has 1 aromatic heterocycles. The molecular weight excluding hydrogens is 342 g/mol. The maximum atomic E-state index is 6.21. The zero-order valence-electron chi connectivity index (χ0n) is 15.4. The van der Waals surface area contributed by atoms with Crippen LogP contribution in [-0.4, -0.2) is 11.2 Å². The molecule has 0 amide bonds. The molecule has 3 nitrogen and oxygen atoms in total. The van der Waals surface area contributed by atoms with E-state index in [0.717, 1.165) is 11.1 Å². The fourth-order valence-electron chi connectivity index (χ4n) is 3.43. The van der Waals surface area contributed by atoms with E-state index in [1.807, 2.05) is 11.3 Å². The average molecular weight is 363 g/mol. The maximum absolute atomic E-state index is 6.21. The second-order valence-electron chi connectivity index (χ2n) is 7.88. The van der Waals surface area contributed by atoms with Gasteiger partial charge in [0, 0.05) is 30.9 Å². The number of hydrogen-bond donors (Lipinski definition) is 0. The Balaban J connectivity index is 1.83. The van der Waals surface area contributed by atoms with Crippen LogP contribution in [0.15, 0.2) is 54.6 Å². The molecule has 1 aliphatic heterocycles. The summed E-state index contributed by atoms with van der Waals surface area (Å²) in [5, 5.41) is 6.51. The van der Waals surface area contributed by atoms with Crippen LogP contribution in [0.25, 0.3) is 30.9 Å². The van der Waals surface area contributed by atoms with Crippen LogP contribution in [0.1, 0.15) is 27.7 Å². The second-order valence-corrected chi connectivity index (χ2v) is 8.93. The van der Waals surface area contributed by atoms with Crippen molar-refractivity contribution in [1.29, 1.82) is 0 Å². The Labute approximate surface area is 156 Å². The highest BCUT2D eigenvalue weighted by Crippen LogP contribution is 2.46. The first-order valence-electron chi connectivity index (χ1n) is 8.89. The Morgan fingerprint density at radius 2 is 1.31 bits per heavy atom. The van der Waals surface area contributed by atoms with Gasteiger partial charge >= 0.3 is 0 Å². The van der Waals surface area contributed by atoms with Crippen LogP contribution < -0.4 is 5.23 Å². The molecule has 4 heteroatoms.